The number of amides is 1. The Hall–Kier alpha value is -1.61. The number of hydrogen-bond donors (Lipinski definition) is 1. The van der Waals surface area contributed by atoms with Gasteiger partial charge in [-0.25, -0.2) is 0 Å². The highest BCUT2D eigenvalue weighted by atomic mass is 79.9. The second-order valence-electron chi connectivity index (χ2n) is 5.21. The standard InChI is InChI=1S/C18H20BrNO/c1-3-7-17(14-8-5-4-6-9-14)20-18(21)15-12-13(2)10-11-16(15)19/h4-6,8-12,17H,3,7H2,1-2H3,(H,20,21). The molecule has 0 spiro atoms. The van der Waals surface area contributed by atoms with Crippen molar-refractivity contribution in [3.63, 3.8) is 0 Å². The topological polar surface area (TPSA) is 29.1 Å². The van der Waals surface area contributed by atoms with Crippen molar-refractivity contribution in [1.29, 1.82) is 0 Å². The molecule has 2 nitrogen and oxygen atoms in total. The number of rotatable bonds is 5. The number of nitrogens with one attached hydrogen (secondary N) is 1. The van der Waals surface area contributed by atoms with E-state index < -0.39 is 0 Å². The summed E-state index contributed by atoms with van der Waals surface area (Å²) in [7, 11) is 0. The fourth-order valence-corrected chi connectivity index (χ4v) is 2.77. The number of carbonyl (C=O) groups excluding carboxylic acids is 1. The molecule has 0 fully saturated rings. The molecular formula is C18H20BrNO. The zero-order chi connectivity index (χ0) is 15.2. The first-order valence-electron chi connectivity index (χ1n) is 7.23. The predicted molar refractivity (Wildman–Crippen MR) is 90.4 cm³/mol. The van der Waals surface area contributed by atoms with Crippen molar-refractivity contribution in [2.75, 3.05) is 0 Å². The van der Waals surface area contributed by atoms with Gasteiger partial charge in [-0.1, -0.05) is 55.3 Å². The first kappa shape index (κ1) is 15.8. The maximum Gasteiger partial charge on any atom is 0.252 e. The second kappa shape index (κ2) is 7.41. The molecule has 1 N–H and O–H groups in total. The van der Waals surface area contributed by atoms with Gasteiger partial charge in [0.15, 0.2) is 0 Å². The summed E-state index contributed by atoms with van der Waals surface area (Å²) in [5, 5.41) is 3.15. The van der Waals surface area contributed by atoms with Crippen LogP contribution in [0, 0.1) is 6.92 Å². The molecule has 0 radical (unpaired) electrons. The molecule has 0 bridgehead atoms. The lowest BCUT2D eigenvalue weighted by atomic mass is 10.0. The summed E-state index contributed by atoms with van der Waals surface area (Å²) in [6, 6.07) is 16.0. The third-order valence-electron chi connectivity index (χ3n) is 3.45. The Labute approximate surface area is 134 Å². The number of hydrogen-bond acceptors (Lipinski definition) is 1. The summed E-state index contributed by atoms with van der Waals surface area (Å²) in [6.07, 6.45) is 1.95. The molecule has 0 aliphatic rings. The van der Waals surface area contributed by atoms with Crippen molar-refractivity contribution in [2.24, 2.45) is 0 Å². The summed E-state index contributed by atoms with van der Waals surface area (Å²) < 4.78 is 0.828. The highest BCUT2D eigenvalue weighted by Gasteiger charge is 2.16. The number of aryl methyl sites for hydroxylation is 1. The Morgan fingerprint density at radius 1 is 1.19 bits per heavy atom. The van der Waals surface area contributed by atoms with Crippen LogP contribution >= 0.6 is 15.9 Å². The molecule has 0 saturated carbocycles. The Morgan fingerprint density at radius 2 is 1.90 bits per heavy atom. The molecule has 3 heteroatoms. The van der Waals surface area contributed by atoms with Gasteiger partial charge in [-0.3, -0.25) is 4.79 Å². The van der Waals surface area contributed by atoms with Crippen LogP contribution in [-0.2, 0) is 0 Å². The zero-order valence-electron chi connectivity index (χ0n) is 12.4. The minimum absolute atomic E-state index is 0.0344. The Kier molecular flexibility index (Phi) is 5.57. The van der Waals surface area contributed by atoms with Crippen molar-refractivity contribution in [2.45, 2.75) is 32.7 Å². The van der Waals surface area contributed by atoms with Crippen molar-refractivity contribution in [3.05, 3.63) is 69.7 Å². The average molecular weight is 346 g/mol. The van der Waals surface area contributed by atoms with E-state index in [1.165, 1.54) is 0 Å². The molecule has 2 rings (SSSR count). The highest BCUT2D eigenvalue weighted by molar-refractivity contribution is 9.10. The van der Waals surface area contributed by atoms with Crippen molar-refractivity contribution >= 4 is 21.8 Å². The third kappa shape index (κ3) is 4.18. The van der Waals surface area contributed by atoms with Crippen LogP contribution in [0.1, 0.15) is 47.3 Å². The number of benzene rings is 2. The van der Waals surface area contributed by atoms with Crippen molar-refractivity contribution in [1.82, 2.24) is 5.32 Å². The lowest BCUT2D eigenvalue weighted by Gasteiger charge is -2.19. The highest BCUT2D eigenvalue weighted by Crippen LogP contribution is 2.22. The molecule has 1 amide bonds. The third-order valence-corrected chi connectivity index (χ3v) is 4.14. The van der Waals surface area contributed by atoms with Gasteiger partial charge in [0, 0.05) is 4.47 Å². The van der Waals surface area contributed by atoms with E-state index in [2.05, 4.69) is 40.3 Å². The maximum absolute atomic E-state index is 12.5. The van der Waals surface area contributed by atoms with E-state index in [0.29, 0.717) is 5.56 Å². The van der Waals surface area contributed by atoms with Crippen LogP contribution in [-0.4, -0.2) is 5.91 Å². The molecule has 21 heavy (non-hydrogen) atoms. The molecule has 2 aromatic carbocycles. The number of halogens is 1. The summed E-state index contributed by atoms with van der Waals surface area (Å²) in [4.78, 5) is 12.5. The summed E-state index contributed by atoms with van der Waals surface area (Å²) >= 11 is 3.46. The molecule has 2 aromatic rings. The minimum Gasteiger partial charge on any atom is -0.345 e. The largest absolute Gasteiger partial charge is 0.345 e. The molecule has 110 valence electrons. The molecule has 1 unspecified atom stereocenters. The van der Waals surface area contributed by atoms with Gasteiger partial charge >= 0.3 is 0 Å². The van der Waals surface area contributed by atoms with Crippen molar-refractivity contribution in [3.8, 4) is 0 Å². The molecule has 0 aliphatic heterocycles. The molecular weight excluding hydrogens is 326 g/mol. The zero-order valence-corrected chi connectivity index (χ0v) is 14.0. The lowest BCUT2D eigenvalue weighted by Crippen LogP contribution is -2.28. The summed E-state index contributed by atoms with van der Waals surface area (Å²) in [6.45, 7) is 4.12. The molecule has 0 heterocycles. The van der Waals surface area contributed by atoms with Gasteiger partial charge in [-0.05, 0) is 47.0 Å². The van der Waals surface area contributed by atoms with Crippen molar-refractivity contribution < 1.29 is 4.79 Å². The summed E-state index contributed by atoms with van der Waals surface area (Å²) in [5.41, 5.74) is 2.92. The molecule has 0 aromatic heterocycles. The van der Waals surface area contributed by atoms with Gasteiger partial charge < -0.3 is 5.32 Å². The van der Waals surface area contributed by atoms with Crippen LogP contribution in [0.25, 0.3) is 0 Å². The molecule has 0 aliphatic carbocycles. The normalized spacial score (nSPS) is 12.0. The lowest BCUT2D eigenvalue weighted by molar-refractivity contribution is 0.0933. The van der Waals surface area contributed by atoms with Gasteiger partial charge in [0.05, 0.1) is 11.6 Å². The van der Waals surface area contributed by atoms with Gasteiger partial charge in [-0.2, -0.15) is 0 Å². The first-order chi connectivity index (χ1) is 10.1. The quantitative estimate of drug-likeness (QED) is 0.808. The van der Waals surface area contributed by atoms with Gasteiger partial charge in [0.2, 0.25) is 0 Å². The van der Waals surface area contributed by atoms with E-state index in [9.17, 15) is 4.79 Å². The van der Waals surface area contributed by atoms with Gasteiger partial charge in [0.25, 0.3) is 5.91 Å². The van der Waals surface area contributed by atoms with Crippen LogP contribution in [0.2, 0.25) is 0 Å². The minimum atomic E-state index is -0.0344. The summed E-state index contributed by atoms with van der Waals surface area (Å²) in [5.74, 6) is -0.0344. The van der Waals surface area contributed by atoms with Crippen LogP contribution in [0.3, 0.4) is 0 Å². The fraction of sp³-hybridized carbons (Fsp3) is 0.278. The van der Waals surface area contributed by atoms with Gasteiger partial charge in [0.1, 0.15) is 0 Å². The monoisotopic (exact) mass is 345 g/mol. The maximum atomic E-state index is 12.5. The average Bonchev–Trinajstić information content (AvgIpc) is 2.50. The van der Waals surface area contributed by atoms with E-state index in [4.69, 9.17) is 0 Å². The van der Waals surface area contributed by atoms with E-state index in [0.717, 1.165) is 28.4 Å². The SMILES string of the molecule is CCCC(NC(=O)c1cc(C)ccc1Br)c1ccccc1. The van der Waals surface area contributed by atoms with Crippen LogP contribution < -0.4 is 5.32 Å². The Morgan fingerprint density at radius 3 is 2.57 bits per heavy atom. The van der Waals surface area contributed by atoms with Gasteiger partial charge in [-0.15, -0.1) is 0 Å². The fourth-order valence-electron chi connectivity index (χ4n) is 2.35. The smallest absolute Gasteiger partial charge is 0.252 e. The van der Waals surface area contributed by atoms with Crippen LogP contribution in [0.15, 0.2) is 53.0 Å². The predicted octanol–water partition coefficient (Wildman–Crippen LogP) is 5.03. The Balaban J connectivity index is 2.20. The molecule has 1 atom stereocenters. The van der Waals surface area contributed by atoms with E-state index in [-0.39, 0.29) is 11.9 Å². The second-order valence-corrected chi connectivity index (χ2v) is 6.06. The Bertz CT molecular complexity index is 610. The van der Waals surface area contributed by atoms with Crippen LogP contribution in [0.4, 0.5) is 0 Å². The van der Waals surface area contributed by atoms with E-state index in [1.54, 1.807) is 0 Å². The number of carbonyl (C=O) groups is 1. The molecule has 0 saturated heterocycles. The first-order valence-corrected chi connectivity index (χ1v) is 8.03. The van der Waals surface area contributed by atoms with Crippen LogP contribution in [0.5, 0.6) is 0 Å². The van der Waals surface area contributed by atoms with E-state index >= 15 is 0 Å². The van der Waals surface area contributed by atoms with E-state index in [1.807, 2.05) is 43.3 Å².